The maximum atomic E-state index is 12.8. The normalized spacial score (nSPS) is 18.5. The molecule has 24 heavy (non-hydrogen) atoms. The topological polar surface area (TPSA) is 64.6 Å². The van der Waals surface area contributed by atoms with Crippen LogP contribution in [0.15, 0.2) is 29.3 Å². The third-order valence-electron chi connectivity index (χ3n) is 4.21. The standard InChI is InChI=1S/C17H18ClN5O/c1-10-19-13-14(20-10)22(8-11-4-6-12(18)7-5-11)16-21-17(2,3)9-23(16)15(13)24/h4-7H,8-9H2,1-3H3,(H,19,20). The number of halogens is 1. The third-order valence-corrected chi connectivity index (χ3v) is 4.46. The van der Waals surface area contributed by atoms with Crippen molar-refractivity contribution in [3.63, 3.8) is 0 Å². The Morgan fingerprint density at radius 3 is 2.71 bits per heavy atom. The first kappa shape index (κ1) is 15.2. The number of carbonyl (C=O) groups is 1. The number of carbonyl (C=O) groups excluding carboxylic acids is 1. The molecule has 0 unspecified atom stereocenters. The van der Waals surface area contributed by atoms with Gasteiger partial charge in [-0.2, -0.15) is 0 Å². The van der Waals surface area contributed by atoms with E-state index in [1.54, 1.807) is 4.90 Å². The summed E-state index contributed by atoms with van der Waals surface area (Å²) in [4.78, 5) is 28.9. The van der Waals surface area contributed by atoms with Crippen molar-refractivity contribution in [1.82, 2.24) is 14.9 Å². The van der Waals surface area contributed by atoms with Gasteiger partial charge in [-0.3, -0.25) is 14.6 Å². The Bertz CT molecular complexity index is 852. The Labute approximate surface area is 145 Å². The van der Waals surface area contributed by atoms with Crippen LogP contribution < -0.4 is 4.90 Å². The Kier molecular flexibility index (Phi) is 3.22. The van der Waals surface area contributed by atoms with Crippen molar-refractivity contribution in [2.24, 2.45) is 4.99 Å². The lowest BCUT2D eigenvalue weighted by Crippen LogP contribution is -2.50. The van der Waals surface area contributed by atoms with Crippen LogP contribution in [0, 0.1) is 6.92 Å². The lowest BCUT2D eigenvalue weighted by molar-refractivity contribution is 0.0833. The van der Waals surface area contributed by atoms with Crippen LogP contribution in [0.25, 0.3) is 0 Å². The number of rotatable bonds is 2. The molecule has 1 N–H and O–H groups in total. The zero-order valence-corrected chi connectivity index (χ0v) is 14.6. The largest absolute Gasteiger partial charge is 0.328 e. The predicted molar refractivity (Wildman–Crippen MR) is 93.5 cm³/mol. The minimum Gasteiger partial charge on any atom is -0.328 e. The predicted octanol–water partition coefficient (Wildman–Crippen LogP) is 2.98. The molecule has 3 heterocycles. The number of nitrogens with one attached hydrogen (secondary N) is 1. The molecule has 2 aromatic rings. The molecule has 0 saturated carbocycles. The van der Waals surface area contributed by atoms with E-state index in [9.17, 15) is 4.79 Å². The highest BCUT2D eigenvalue weighted by molar-refractivity contribution is 6.30. The lowest BCUT2D eigenvalue weighted by Gasteiger charge is -2.33. The minimum atomic E-state index is -0.304. The number of aromatic nitrogens is 2. The van der Waals surface area contributed by atoms with Crippen LogP contribution in [-0.4, -0.2) is 38.8 Å². The number of fused-ring (bicyclic) bond motifs is 2. The average Bonchev–Trinajstić information content (AvgIpc) is 3.05. The summed E-state index contributed by atoms with van der Waals surface area (Å²) < 4.78 is 0. The van der Waals surface area contributed by atoms with Crippen LogP contribution in [0.1, 0.15) is 35.7 Å². The van der Waals surface area contributed by atoms with Crippen molar-refractivity contribution < 1.29 is 4.79 Å². The number of H-pyrrole nitrogens is 1. The van der Waals surface area contributed by atoms with E-state index in [0.717, 1.165) is 11.4 Å². The first-order chi connectivity index (χ1) is 11.3. The zero-order valence-electron chi connectivity index (χ0n) is 13.8. The monoisotopic (exact) mass is 343 g/mol. The lowest BCUT2D eigenvalue weighted by atomic mass is 10.1. The van der Waals surface area contributed by atoms with E-state index >= 15 is 0 Å². The van der Waals surface area contributed by atoms with Gasteiger partial charge in [-0.25, -0.2) is 9.98 Å². The molecule has 0 radical (unpaired) electrons. The molecule has 0 saturated heterocycles. The van der Waals surface area contributed by atoms with Gasteiger partial charge in [0.15, 0.2) is 5.69 Å². The quantitative estimate of drug-likeness (QED) is 0.911. The Morgan fingerprint density at radius 1 is 1.29 bits per heavy atom. The zero-order chi connectivity index (χ0) is 17.1. The maximum Gasteiger partial charge on any atom is 0.283 e. The van der Waals surface area contributed by atoms with Crippen molar-refractivity contribution in [2.45, 2.75) is 32.9 Å². The van der Waals surface area contributed by atoms with Crippen molar-refractivity contribution >= 4 is 29.3 Å². The van der Waals surface area contributed by atoms with Crippen molar-refractivity contribution in [2.75, 3.05) is 11.4 Å². The fourth-order valence-corrected chi connectivity index (χ4v) is 3.29. The molecule has 1 aromatic heterocycles. The van der Waals surface area contributed by atoms with E-state index in [1.165, 1.54) is 0 Å². The molecule has 4 rings (SSSR count). The van der Waals surface area contributed by atoms with Gasteiger partial charge in [-0.05, 0) is 38.5 Å². The smallest absolute Gasteiger partial charge is 0.283 e. The van der Waals surface area contributed by atoms with Crippen LogP contribution in [0.2, 0.25) is 5.02 Å². The number of hydrogen-bond acceptors (Lipinski definition) is 4. The molecule has 2 aliphatic rings. The van der Waals surface area contributed by atoms with Crippen LogP contribution in [0.3, 0.4) is 0 Å². The molecular formula is C17H18ClN5O. The summed E-state index contributed by atoms with van der Waals surface area (Å²) in [5.41, 5.74) is 1.24. The van der Waals surface area contributed by atoms with E-state index in [4.69, 9.17) is 16.6 Å². The summed E-state index contributed by atoms with van der Waals surface area (Å²) in [6.07, 6.45) is 0. The summed E-state index contributed by atoms with van der Waals surface area (Å²) in [5.74, 6) is 2.01. The number of guanidine groups is 1. The van der Waals surface area contributed by atoms with E-state index in [-0.39, 0.29) is 11.4 Å². The number of amides is 1. The second-order valence-electron chi connectivity index (χ2n) is 6.85. The van der Waals surface area contributed by atoms with Gasteiger partial charge in [-0.1, -0.05) is 23.7 Å². The van der Waals surface area contributed by atoms with Crippen LogP contribution in [-0.2, 0) is 6.54 Å². The van der Waals surface area contributed by atoms with E-state index in [0.29, 0.717) is 35.6 Å². The molecule has 0 aliphatic carbocycles. The number of aromatic amines is 1. The molecule has 0 fully saturated rings. The summed E-state index contributed by atoms with van der Waals surface area (Å²) in [6, 6.07) is 7.69. The highest BCUT2D eigenvalue weighted by Crippen LogP contribution is 2.33. The number of nitrogens with zero attached hydrogens (tertiary/aromatic N) is 4. The van der Waals surface area contributed by atoms with Gasteiger partial charge in [0.1, 0.15) is 11.6 Å². The van der Waals surface area contributed by atoms with Crippen LogP contribution >= 0.6 is 11.6 Å². The summed E-state index contributed by atoms with van der Waals surface area (Å²) in [6.45, 7) is 7.05. The fraction of sp³-hybridized carbons (Fsp3) is 0.353. The summed E-state index contributed by atoms with van der Waals surface area (Å²) >= 11 is 5.98. The molecule has 1 aromatic carbocycles. The van der Waals surface area contributed by atoms with E-state index < -0.39 is 0 Å². The van der Waals surface area contributed by atoms with Gasteiger partial charge >= 0.3 is 0 Å². The molecule has 0 spiro atoms. The maximum absolute atomic E-state index is 12.8. The third kappa shape index (κ3) is 2.38. The van der Waals surface area contributed by atoms with Gasteiger partial charge < -0.3 is 4.98 Å². The first-order valence-electron chi connectivity index (χ1n) is 7.84. The Balaban J connectivity index is 1.80. The Hall–Kier alpha value is -2.34. The minimum absolute atomic E-state index is 0.0916. The van der Waals surface area contributed by atoms with Gasteiger partial charge in [-0.15, -0.1) is 0 Å². The molecule has 124 valence electrons. The Morgan fingerprint density at radius 2 is 2.00 bits per heavy atom. The molecule has 2 aliphatic heterocycles. The molecule has 6 nitrogen and oxygen atoms in total. The molecule has 0 atom stereocenters. The van der Waals surface area contributed by atoms with E-state index in [2.05, 4.69) is 9.97 Å². The van der Waals surface area contributed by atoms with Gasteiger partial charge in [0.2, 0.25) is 5.96 Å². The highest BCUT2D eigenvalue weighted by Gasteiger charge is 2.44. The van der Waals surface area contributed by atoms with Gasteiger partial charge in [0.25, 0.3) is 5.91 Å². The number of anilines is 1. The van der Waals surface area contributed by atoms with Crippen molar-refractivity contribution in [1.29, 1.82) is 0 Å². The number of benzene rings is 1. The number of imidazole rings is 1. The second-order valence-corrected chi connectivity index (χ2v) is 7.28. The van der Waals surface area contributed by atoms with Gasteiger partial charge in [0.05, 0.1) is 18.6 Å². The highest BCUT2D eigenvalue weighted by atomic mass is 35.5. The van der Waals surface area contributed by atoms with Crippen molar-refractivity contribution in [3.8, 4) is 0 Å². The van der Waals surface area contributed by atoms with Gasteiger partial charge in [0, 0.05) is 5.02 Å². The fourth-order valence-electron chi connectivity index (χ4n) is 3.17. The first-order valence-corrected chi connectivity index (χ1v) is 8.22. The number of aliphatic imine (C=N–C) groups is 1. The second kappa shape index (κ2) is 5.08. The SMILES string of the molecule is Cc1nc2c([nH]1)N(Cc1ccc(Cl)cc1)C1=NC(C)(C)CN1C2=O. The van der Waals surface area contributed by atoms with Crippen LogP contribution in [0.4, 0.5) is 5.82 Å². The molecule has 0 bridgehead atoms. The molecule has 7 heteroatoms. The number of hydrogen-bond donors (Lipinski definition) is 1. The molecule has 1 amide bonds. The van der Waals surface area contributed by atoms with E-state index in [1.807, 2.05) is 49.9 Å². The summed E-state index contributed by atoms with van der Waals surface area (Å²) in [5, 5.41) is 0.701. The molecular weight excluding hydrogens is 326 g/mol. The average molecular weight is 344 g/mol. The summed E-state index contributed by atoms with van der Waals surface area (Å²) in [7, 11) is 0. The number of aryl methyl sites for hydroxylation is 1. The van der Waals surface area contributed by atoms with Crippen molar-refractivity contribution in [3.05, 3.63) is 46.4 Å². The van der Waals surface area contributed by atoms with Crippen LogP contribution in [0.5, 0.6) is 0 Å².